The fourth-order valence-electron chi connectivity index (χ4n) is 2.83. The number of benzene rings is 1. The number of ether oxygens (including phenoxy) is 2. The van der Waals surface area contributed by atoms with E-state index in [4.69, 9.17) is 9.47 Å². The van der Waals surface area contributed by atoms with E-state index in [0.717, 1.165) is 11.3 Å². The zero-order valence-corrected chi connectivity index (χ0v) is 16.0. The Balaban J connectivity index is 1.69. The Morgan fingerprint density at radius 1 is 1.12 bits per heavy atom. The van der Waals surface area contributed by atoms with Crippen molar-refractivity contribution in [1.82, 2.24) is 8.87 Å². The number of hydrogen-bond donors (Lipinski definition) is 0. The van der Waals surface area contributed by atoms with Crippen LogP contribution in [0.4, 0.5) is 0 Å². The van der Waals surface area contributed by atoms with Crippen LogP contribution in [0.1, 0.15) is 11.3 Å². The summed E-state index contributed by atoms with van der Waals surface area (Å²) in [5.41, 5.74) is 1.39. The lowest BCUT2D eigenvalue weighted by molar-refractivity contribution is 0.0759. The lowest BCUT2D eigenvalue weighted by Gasteiger charge is -2.37. The van der Waals surface area contributed by atoms with Crippen molar-refractivity contribution < 1.29 is 17.9 Å². The summed E-state index contributed by atoms with van der Waals surface area (Å²) in [6, 6.07) is 7.98. The fourth-order valence-corrected chi connectivity index (χ4v) is 4.42. The quantitative estimate of drug-likeness (QED) is 0.787. The Hall–Kier alpha value is -2.32. The van der Waals surface area contributed by atoms with E-state index in [9.17, 15) is 13.2 Å². The van der Waals surface area contributed by atoms with Crippen LogP contribution >= 0.6 is 0 Å². The number of pyridine rings is 1. The van der Waals surface area contributed by atoms with Crippen LogP contribution in [-0.2, 0) is 17.1 Å². The maximum atomic E-state index is 12.7. The summed E-state index contributed by atoms with van der Waals surface area (Å²) >= 11 is 0. The molecule has 1 aromatic carbocycles. The average molecular weight is 378 g/mol. The number of aromatic nitrogens is 1. The van der Waals surface area contributed by atoms with Crippen LogP contribution in [0.3, 0.4) is 0 Å². The van der Waals surface area contributed by atoms with Gasteiger partial charge in [-0.1, -0.05) is 0 Å². The van der Waals surface area contributed by atoms with E-state index in [1.165, 1.54) is 14.9 Å². The van der Waals surface area contributed by atoms with Gasteiger partial charge < -0.3 is 14.0 Å². The molecule has 26 heavy (non-hydrogen) atoms. The second-order valence-electron chi connectivity index (χ2n) is 6.42. The third-order valence-corrected chi connectivity index (χ3v) is 6.43. The van der Waals surface area contributed by atoms with Gasteiger partial charge in [-0.05, 0) is 43.7 Å². The molecule has 8 heteroatoms. The summed E-state index contributed by atoms with van der Waals surface area (Å²) < 4.78 is 39.2. The average Bonchev–Trinajstić information content (AvgIpc) is 2.55. The number of rotatable bonds is 5. The highest BCUT2D eigenvalue weighted by atomic mass is 32.2. The van der Waals surface area contributed by atoms with Crippen LogP contribution in [0.5, 0.6) is 11.5 Å². The van der Waals surface area contributed by atoms with E-state index in [2.05, 4.69) is 0 Å². The summed E-state index contributed by atoms with van der Waals surface area (Å²) in [5, 5.41) is 0. The van der Waals surface area contributed by atoms with Gasteiger partial charge in [-0.3, -0.25) is 4.79 Å². The fraction of sp³-hybridized carbons (Fsp3) is 0.389. The third kappa shape index (κ3) is 3.34. The normalized spacial score (nSPS) is 15.5. The van der Waals surface area contributed by atoms with Crippen molar-refractivity contribution in [2.75, 3.05) is 20.2 Å². The highest BCUT2D eigenvalue weighted by Crippen LogP contribution is 2.27. The predicted octanol–water partition coefficient (Wildman–Crippen LogP) is 1.46. The van der Waals surface area contributed by atoms with E-state index in [0.29, 0.717) is 11.5 Å². The third-order valence-electron chi connectivity index (χ3n) is 4.60. The van der Waals surface area contributed by atoms with Crippen LogP contribution < -0.4 is 15.0 Å². The van der Waals surface area contributed by atoms with Gasteiger partial charge in [0, 0.05) is 18.8 Å². The van der Waals surface area contributed by atoms with E-state index in [1.54, 1.807) is 45.3 Å². The molecule has 0 bridgehead atoms. The number of sulfonamides is 1. The summed E-state index contributed by atoms with van der Waals surface area (Å²) in [7, 11) is -0.328. The first-order valence-electron chi connectivity index (χ1n) is 8.21. The Kier molecular flexibility index (Phi) is 4.81. The van der Waals surface area contributed by atoms with Crippen LogP contribution in [-0.4, -0.2) is 43.6 Å². The first kappa shape index (κ1) is 18.5. The van der Waals surface area contributed by atoms with Gasteiger partial charge in [0.05, 0.1) is 25.1 Å². The molecule has 0 radical (unpaired) electrons. The smallest absolute Gasteiger partial charge is 0.254 e. The molecule has 1 aromatic heterocycles. The van der Waals surface area contributed by atoms with Crippen molar-refractivity contribution in [1.29, 1.82) is 0 Å². The standard InChI is InChI=1S/C18H22N2O5S/c1-12-7-16(5-6-17(12)24-4)26(22,23)20-10-15(11-20)25-14-8-13(2)19(3)18(21)9-14/h5-9,15H,10-11H2,1-4H3. The van der Waals surface area contributed by atoms with Gasteiger partial charge >= 0.3 is 0 Å². The molecule has 0 N–H and O–H groups in total. The van der Waals surface area contributed by atoms with E-state index >= 15 is 0 Å². The van der Waals surface area contributed by atoms with E-state index in [1.807, 2.05) is 6.92 Å². The molecule has 140 valence electrons. The Bertz CT molecular complexity index is 991. The Morgan fingerprint density at radius 2 is 1.81 bits per heavy atom. The molecule has 1 saturated heterocycles. The minimum atomic E-state index is -3.57. The van der Waals surface area contributed by atoms with Gasteiger partial charge in [0.1, 0.15) is 17.6 Å². The second-order valence-corrected chi connectivity index (χ2v) is 8.36. The van der Waals surface area contributed by atoms with Crippen molar-refractivity contribution in [3.63, 3.8) is 0 Å². The number of methoxy groups -OCH3 is 1. The van der Waals surface area contributed by atoms with Gasteiger partial charge in [-0.25, -0.2) is 8.42 Å². The first-order valence-corrected chi connectivity index (χ1v) is 9.65. The molecule has 2 heterocycles. The molecule has 0 atom stereocenters. The van der Waals surface area contributed by atoms with Gasteiger partial charge in [0.2, 0.25) is 10.0 Å². The molecular formula is C18H22N2O5S. The van der Waals surface area contributed by atoms with Crippen LogP contribution in [0, 0.1) is 13.8 Å². The molecular weight excluding hydrogens is 356 g/mol. The van der Waals surface area contributed by atoms with Gasteiger partial charge in [-0.15, -0.1) is 0 Å². The summed E-state index contributed by atoms with van der Waals surface area (Å²) in [5.74, 6) is 1.11. The van der Waals surface area contributed by atoms with Crippen molar-refractivity contribution >= 4 is 10.0 Å². The molecule has 0 amide bonds. The topological polar surface area (TPSA) is 77.8 Å². The predicted molar refractivity (Wildman–Crippen MR) is 97.3 cm³/mol. The molecule has 0 spiro atoms. The van der Waals surface area contributed by atoms with Crippen LogP contribution in [0.15, 0.2) is 40.0 Å². The lowest BCUT2D eigenvalue weighted by Crippen LogP contribution is -2.56. The van der Waals surface area contributed by atoms with Gasteiger partial charge in [0.25, 0.3) is 5.56 Å². The maximum Gasteiger partial charge on any atom is 0.254 e. The molecule has 1 aliphatic rings. The summed E-state index contributed by atoms with van der Waals surface area (Å²) in [4.78, 5) is 12.0. The van der Waals surface area contributed by atoms with Crippen molar-refractivity contribution in [3.8, 4) is 11.5 Å². The van der Waals surface area contributed by atoms with Gasteiger partial charge in [-0.2, -0.15) is 4.31 Å². The number of nitrogens with zero attached hydrogens (tertiary/aromatic N) is 2. The number of hydrogen-bond acceptors (Lipinski definition) is 5. The van der Waals surface area contributed by atoms with Crippen molar-refractivity contribution in [2.24, 2.45) is 7.05 Å². The van der Waals surface area contributed by atoms with E-state index in [-0.39, 0.29) is 29.6 Å². The molecule has 7 nitrogen and oxygen atoms in total. The van der Waals surface area contributed by atoms with Crippen LogP contribution in [0.2, 0.25) is 0 Å². The summed E-state index contributed by atoms with van der Waals surface area (Å²) in [6.07, 6.45) is -0.268. The molecule has 2 aromatic rings. The lowest BCUT2D eigenvalue weighted by atomic mass is 10.2. The van der Waals surface area contributed by atoms with Crippen molar-refractivity contribution in [3.05, 3.63) is 51.9 Å². The van der Waals surface area contributed by atoms with Crippen LogP contribution in [0.25, 0.3) is 0 Å². The second kappa shape index (κ2) is 6.77. The molecule has 0 saturated carbocycles. The molecule has 0 aliphatic carbocycles. The SMILES string of the molecule is COc1ccc(S(=O)(=O)N2CC(Oc3cc(C)n(C)c(=O)c3)C2)cc1C. The zero-order chi connectivity index (χ0) is 19.1. The minimum Gasteiger partial charge on any atom is -0.496 e. The molecule has 0 unspecified atom stereocenters. The maximum absolute atomic E-state index is 12.7. The largest absolute Gasteiger partial charge is 0.496 e. The first-order chi connectivity index (χ1) is 12.2. The van der Waals surface area contributed by atoms with Gasteiger partial charge in [0.15, 0.2) is 0 Å². The van der Waals surface area contributed by atoms with Crippen molar-refractivity contribution in [2.45, 2.75) is 24.8 Å². The summed E-state index contributed by atoms with van der Waals surface area (Å²) in [6.45, 7) is 4.12. The van der Waals surface area contributed by atoms with E-state index < -0.39 is 10.0 Å². The molecule has 1 aliphatic heterocycles. The number of aryl methyl sites for hydroxylation is 2. The molecule has 1 fully saturated rings. The highest BCUT2D eigenvalue weighted by molar-refractivity contribution is 7.89. The monoisotopic (exact) mass is 378 g/mol. The minimum absolute atomic E-state index is 0.155. The molecule has 3 rings (SSSR count). The Morgan fingerprint density at radius 3 is 2.38 bits per heavy atom. The Labute approximate surface area is 152 Å². The highest BCUT2D eigenvalue weighted by Gasteiger charge is 2.38. The zero-order valence-electron chi connectivity index (χ0n) is 15.2.